The smallest absolute Gasteiger partial charge is 0.237 e. The first-order valence-electron chi connectivity index (χ1n) is 7.57. The molecular weight excluding hydrogens is 266 g/mol. The number of carbonyl (C=O) groups excluding carboxylic acids is 1. The van der Waals surface area contributed by atoms with Crippen LogP contribution in [0.1, 0.15) is 18.4 Å². The molecule has 1 heterocycles. The summed E-state index contributed by atoms with van der Waals surface area (Å²) in [6, 6.07) is 10.1. The summed E-state index contributed by atoms with van der Waals surface area (Å²) in [6.45, 7) is 3.05. The third-order valence-corrected chi connectivity index (χ3v) is 3.74. The minimum absolute atomic E-state index is 0.00253. The second-order valence-electron chi connectivity index (χ2n) is 5.72. The van der Waals surface area contributed by atoms with Gasteiger partial charge in [0, 0.05) is 19.6 Å². The van der Waals surface area contributed by atoms with Gasteiger partial charge in [-0.25, -0.2) is 0 Å². The van der Waals surface area contributed by atoms with Gasteiger partial charge >= 0.3 is 0 Å². The van der Waals surface area contributed by atoms with Crippen LogP contribution in [0.25, 0.3) is 0 Å². The number of hydrogen-bond donors (Lipinski definition) is 3. The Labute approximate surface area is 126 Å². The molecule has 1 aromatic carbocycles. The Morgan fingerprint density at radius 1 is 1.43 bits per heavy atom. The van der Waals surface area contributed by atoms with Crippen molar-refractivity contribution in [3.8, 4) is 0 Å². The summed E-state index contributed by atoms with van der Waals surface area (Å²) in [5, 5.41) is 15.3. The van der Waals surface area contributed by atoms with Crippen molar-refractivity contribution in [1.29, 1.82) is 0 Å². The Morgan fingerprint density at radius 2 is 2.19 bits per heavy atom. The number of amides is 1. The van der Waals surface area contributed by atoms with Crippen LogP contribution in [0.15, 0.2) is 30.3 Å². The molecule has 0 radical (unpaired) electrons. The molecule has 116 valence electrons. The number of β-amino-alcohol motifs (C(OH)–C–C–N with tert-alkyl or cyclic N) is 1. The lowest BCUT2D eigenvalue weighted by Crippen LogP contribution is -2.41. The Morgan fingerprint density at radius 3 is 2.86 bits per heavy atom. The fourth-order valence-electron chi connectivity index (χ4n) is 2.57. The Balaban J connectivity index is 1.58. The predicted octanol–water partition coefficient (Wildman–Crippen LogP) is 0.348. The maximum atomic E-state index is 11.8. The highest BCUT2D eigenvalue weighted by molar-refractivity contribution is 5.82. The average molecular weight is 291 g/mol. The number of hydrogen-bond acceptors (Lipinski definition) is 4. The number of rotatable bonds is 7. The second kappa shape index (κ2) is 8.12. The van der Waals surface area contributed by atoms with Gasteiger partial charge in [0.05, 0.1) is 12.1 Å². The molecule has 0 bridgehead atoms. The van der Waals surface area contributed by atoms with Crippen LogP contribution in [0, 0.1) is 0 Å². The zero-order valence-corrected chi connectivity index (χ0v) is 12.6. The minimum Gasteiger partial charge on any atom is -0.392 e. The molecule has 1 fully saturated rings. The van der Waals surface area contributed by atoms with Crippen molar-refractivity contribution in [3.05, 3.63) is 35.9 Å². The van der Waals surface area contributed by atoms with E-state index in [1.165, 1.54) is 5.56 Å². The topological polar surface area (TPSA) is 64.6 Å². The van der Waals surface area contributed by atoms with E-state index in [2.05, 4.69) is 34.7 Å². The van der Waals surface area contributed by atoms with E-state index in [1.807, 2.05) is 18.2 Å². The average Bonchev–Trinajstić information content (AvgIpc) is 2.91. The van der Waals surface area contributed by atoms with E-state index in [9.17, 15) is 9.90 Å². The Kier molecular flexibility index (Phi) is 6.17. The van der Waals surface area contributed by atoms with Gasteiger partial charge in [0.2, 0.25) is 5.91 Å². The van der Waals surface area contributed by atoms with Gasteiger partial charge in [-0.2, -0.15) is 0 Å². The van der Waals surface area contributed by atoms with Crippen LogP contribution in [0.5, 0.6) is 0 Å². The number of benzene rings is 1. The van der Waals surface area contributed by atoms with Gasteiger partial charge in [-0.15, -0.1) is 0 Å². The lowest BCUT2D eigenvalue weighted by Gasteiger charge is -2.17. The molecule has 5 heteroatoms. The summed E-state index contributed by atoms with van der Waals surface area (Å²) < 4.78 is 0. The van der Waals surface area contributed by atoms with Gasteiger partial charge in [-0.1, -0.05) is 30.3 Å². The quantitative estimate of drug-likeness (QED) is 0.634. The first-order chi connectivity index (χ1) is 10.1. The van der Waals surface area contributed by atoms with E-state index in [1.54, 1.807) is 0 Å². The second-order valence-corrected chi connectivity index (χ2v) is 5.72. The lowest BCUT2D eigenvalue weighted by atomic mass is 10.2. The number of aliphatic hydroxyl groups excluding tert-OH is 1. The van der Waals surface area contributed by atoms with Crippen LogP contribution in [0.4, 0.5) is 0 Å². The molecule has 5 nitrogen and oxygen atoms in total. The van der Waals surface area contributed by atoms with E-state index in [0.717, 1.165) is 19.5 Å². The van der Waals surface area contributed by atoms with E-state index in [4.69, 9.17) is 0 Å². The predicted molar refractivity (Wildman–Crippen MR) is 82.8 cm³/mol. The molecule has 2 unspecified atom stereocenters. The van der Waals surface area contributed by atoms with Gasteiger partial charge in [-0.05, 0) is 32.0 Å². The van der Waals surface area contributed by atoms with Crippen molar-refractivity contribution >= 4 is 5.91 Å². The van der Waals surface area contributed by atoms with E-state index in [-0.39, 0.29) is 11.9 Å². The molecule has 1 aromatic rings. The van der Waals surface area contributed by atoms with Crippen molar-refractivity contribution in [2.75, 3.05) is 26.7 Å². The van der Waals surface area contributed by atoms with Crippen LogP contribution < -0.4 is 10.6 Å². The third-order valence-electron chi connectivity index (χ3n) is 3.74. The number of nitrogens with one attached hydrogen (secondary N) is 2. The van der Waals surface area contributed by atoms with Crippen molar-refractivity contribution in [1.82, 2.24) is 15.5 Å². The highest BCUT2D eigenvalue weighted by atomic mass is 16.3. The molecule has 2 atom stereocenters. The van der Waals surface area contributed by atoms with Crippen molar-refractivity contribution in [3.63, 3.8) is 0 Å². The Hall–Kier alpha value is -1.43. The summed E-state index contributed by atoms with van der Waals surface area (Å²) in [5.74, 6) is -0.00253. The summed E-state index contributed by atoms with van der Waals surface area (Å²) >= 11 is 0. The van der Waals surface area contributed by atoms with Gasteiger partial charge in [-0.3, -0.25) is 4.79 Å². The van der Waals surface area contributed by atoms with Crippen LogP contribution >= 0.6 is 0 Å². The van der Waals surface area contributed by atoms with Gasteiger partial charge in [0.25, 0.3) is 0 Å². The van der Waals surface area contributed by atoms with Crippen molar-refractivity contribution in [2.45, 2.75) is 31.5 Å². The highest BCUT2D eigenvalue weighted by Gasteiger charge is 2.27. The summed E-state index contributed by atoms with van der Waals surface area (Å²) in [4.78, 5) is 14.1. The fourth-order valence-corrected chi connectivity index (χ4v) is 2.57. The molecule has 1 aliphatic heterocycles. The maximum absolute atomic E-state index is 11.8. The fraction of sp³-hybridized carbons (Fsp3) is 0.562. The molecule has 1 amide bonds. The molecule has 1 aliphatic rings. The lowest BCUT2D eigenvalue weighted by molar-refractivity contribution is -0.122. The minimum atomic E-state index is -0.391. The molecule has 3 N–H and O–H groups in total. The zero-order chi connectivity index (χ0) is 15.1. The van der Waals surface area contributed by atoms with Crippen LogP contribution in [0.2, 0.25) is 0 Å². The zero-order valence-electron chi connectivity index (χ0n) is 12.6. The van der Waals surface area contributed by atoms with Crippen molar-refractivity contribution < 1.29 is 9.90 Å². The largest absolute Gasteiger partial charge is 0.392 e. The summed E-state index contributed by atoms with van der Waals surface area (Å²) in [7, 11) is 2.09. The molecule has 2 rings (SSSR count). The van der Waals surface area contributed by atoms with Gasteiger partial charge < -0.3 is 20.6 Å². The van der Waals surface area contributed by atoms with Crippen LogP contribution in [-0.4, -0.2) is 54.7 Å². The third kappa shape index (κ3) is 5.46. The number of carbonyl (C=O) groups is 1. The molecule has 1 saturated heterocycles. The van der Waals surface area contributed by atoms with Gasteiger partial charge in [0.1, 0.15) is 0 Å². The standard InChI is InChI=1S/C16H25N3O2/c1-19(12-13-6-3-2-4-7-13)9-5-8-17-16(21)15-10-14(20)11-18-15/h2-4,6-7,14-15,18,20H,5,8-12H2,1H3,(H,17,21). The molecule has 0 saturated carbocycles. The van der Waals surface area contributed by atoms with Crippen LogP contribution in [0.3, 0.4) is 0 Å². The maximum Gasteiger partial charge on any atom is 0.237 e. The first kappa shape index (κ1) is 15.9. The van der Waals surface area contributed by atoms with E-state index < -0.39 is 6.10 Å². The SMILES string of the molecule is CN(CCCNC(=O)C1CC(O)CN1)Cc1ccccc1. The van der Waals surface area contributed by atoms with Crippen LogP contribution in [-0.2, 0) is 11.3 Å². The summed E-state index contributed by atoms with van der Waals surface area (Å²) in [6.07, 6.45) is 1.04. The molecule has 21 heavy (non-hydrogen) atoms. The van der Waals surface area contributed by atoms with E-state index >= 15 is 0 Å². The first-order valence-corrected chi connectivity index (χ1v) is 7.57. The monoisotopic (exact) mass is 291 g/mol. The normalized spacial score (nSPS) is 21.7. The van der Waals surface area contributed by atoms with Crippen molar-refractivity contribution in [2.24, 2.45) is 0 Å². The van der Waals surface area contributed by atoms with E-state index in [0.29, 0.717) is 19.5 Å². The molecule has 0 aromatic heterocycles. The molecule has 0 aliphatic carbocycles. The summed E-state index contributed by atoms with van der Waals surface area (Å²) in [5.41, 5.74) is 1.30. The molecular formula is C16H25N3O2. The number of nitrogens with zero attached hydrogens (tertiary/aromatic N) is 1. The Bertz CT molecular complexity index is 438. The number of aliphatic hydroxyl groups is 1. The molecule has 0 spiro atoms. The van der Waals surface area contributed by atoms with Gasteiger partial charge in [0.15, 0.2) is 0 Å². The highest BCUT2D eigenvalue weighted by Crippen LogP contribution is 2.06.